The van der Waals surface area contributed by atoms with Crippen LogP contribution >= 0.6 is 0 Å². The third-order valence-electron chi connectivity index (χ3n) is 2.85. The Kier molecular flexibility index (Phi) is 3.38. The van der Waals surface area contributed by atoms with E-state index in [-0.39, 0.29) is 6.04 Å². The molecule has 2 aromatic rings. The predicted octanol–water partition coefficient (Wildman–Crippen LogP) is 2.27. The van der Waals surface area contributed by atoms with Gasteiger partial charge in [-0.25, -0.2) is 4.98 Å². The average Bonchev–Trinajstić information content (AvgIpc) is 2.71. The van der Waals surface area contributed by atoms with Crippen LogP contribution in [0.4, 0.5) is 11.6 Å². The number of fused-ring (bicyclic) bond motifs is 1. The van der Waals surface area contributed by atoms with Gasteiger partial charge in [0, 0.05) is 18.3 Å². The molecule has 5 heteroatoms. The van der Waals surface area contributed by atoms with Crippen molar-refractivity contribution in [2.45, 2.75) is 26.3 Å². The fourth-order valence-electron chi connectivity index (χ4n) is 1.93. The fraction of sp³-hybridized carbons (Fsp3) is 0.385. The summed E-state index contributed by atoms with van der Waals surface area (Å²) in [5, 5.41) is 8.70. The molecule has 0 saturated carbocycles. The lowest BCUT2D eigenvalue weighted by Gasteiger charge is -2.24. The summed E-state index contributed by atoms with van der Waals surface area (Å²) in [6, 6.07) is 8.05. The lowest BCUT2D eigenvalue weighted by molar-refractivity contribution is 0.671. The van der Waals surface area contributed by atoms with Crippen LogP contribution in [0.25, 0.3) is 11.0 Å². The summed E-state index contributed by atoms with van der Waals surface area (Å²) in [5.74, 6) is 0.792. The van der Waals surface area contributed by atoms with Gasteiger partial charge in [0.15, 0.2) is 0 Å². The summed E-state index contributed by atoms with van der Waals surface area (Å²) in [7, 11) is 0. The molecule has 1 heterocycles. The normalized spacial score (nSPS) is 10.8. The molecule has 0 atom stereocenters. The van der Waals surface area contributed by atoms with E-state index in [0.29, 0.717) is 18.7 Å². The van der Waals surface area contributed by atoms with Crippen LogP contribution in [0, 0.1) is 11.3 Å². The van der Waals surface area contributed by atoms with Crippen molar-refractivity contribution in [1.82, 2.24) is 9.97 Å². The average molecular weight is 243 g/mol. The highest BCUT2D eigenvalue weighted by Gasteiger charge is 2.14. The summed E-state index contributed by atoms with van der Waals surface area (Å²) < 4.78 is 0. The van der Waals surface area contributed by atoms with Gasteiger partial charge in [0.25, 0.3) is 0 Å². The Morgan fingerprint density at radius 3 is 2.94 bits per heavy atom. The molecule has 0 spiro atoms. The molecule has 0 bridgehead atoms. The Bertz CT molecular complexity index is 579. The van der Waals surface area contributed by atoms with Gasteiger partial charge in [-0.05, 0) is 32.0 Å². The van der Waals surface area contributed by atoms with Crippen molar-refractivity contribution in [3.8, 4) is 6.07 Å². The number of aromatic amines is 1. The summed E-state index contributed by atoms with van der Waals surface area (Å²) in [6.07, 6.45) is 0.483. The second kappa shape index (κ2) is 4.96. The third kappa shape index (κ3) is 2.38. The third-order valence-corrected chi connectivity index (χ3v) is 2.85. The van der Waals surface area contributed by atoms with E-state index in [1.165, 1.54) is 0 Å². The number of benzene rings is 1. The number of nitrogens with one attached hydrogen (secondary N) is 1. The van der Waals surface area contributed by atoms with Crippen LogP contribution in [-0.4, -0.2) is 22.6 Å². The molecule has 18 heavy (non-hydrogen) atoms. The van der Waals surface area contributed by atoms with Crippen LogP contribution in [0.15, 0.2) is 18.2 Å². The van der Waals surface area contributed by atoms with Gasteiger partial charge in [-0.2, -0.15) is 5.26 Å². The Hall–Kier alpha value is -2.22. The molecule has 0 fully saturated rings. The first-order chi connectivity index (χ1) is 8.61. The summed E-state index contributed by atoms with van der Waals surface area (Å²) in [4.78, 5) is 9.87. The van der Waals surface area contributed by atoms with Gasteiger partial charge in [-0.3, -0.25) is 0 Å². The molecule has 0 unspecified atom stereocenters. The number of rotatable bonds is 4. The number of nitrogens with zero attached hydrogens (tertiary/aromatic N) is 3. The molecule has 2 rings (SSSR count). The van der Waals surface area contributed by atoms with E-state index >= 15 is 0 Å². The SMILES string of the molecule is CC(C)N(CCC#N)c1nc2ccc(N)cc2[nH]1. The number of anilines is 2. The number of H-pyrrole nitrogens is 1. The maximum Gasteiger partial charge on any atom is 0.204 e. The first kappa shape index (κ1) is 12.2. The van der Waals surface area contributed by atoms with Gasteiger partial charge < -0.3 is 15.6 Å². The smallest absolute Gasteiger partial charge is 0.204 e. The Labute approximate surface area is 106 Å². The minimum atomic E-state index is 0.288. The summed E-state index contributed by atoms with van der Waals surface area (Å²) >= 11 is 0. The molecule has 0 aliphatic heterocycles. The maximum absolute atomic E-state index is 8.70. The number of aromatic nitrogens is 2. The van der Waals surface area contributed by atoms with Crippen LogP contribution in [0.2, 0.25) is 0 Å². The van der Waals surface area contributed by atoms with Gasteiger partial charge in [-0.1, -0.05) is 0 Å². The van der Waals surface area contributed by atoms with Crippen LogP contribution in [-0.2, 0) is 0 Å². The van der Waals surface area contributed by atoms with E-state index in [1.807, 2.05) is 18.2 Å². The zero-order valence-corrected chi connectivity index (χ0v) is 10.6. The number of nitrogen functional groups attached to an aromatic ring is 1. The fourth-order valence-corrected chi connectivity index (χ4v) is 1.93. The lowest BCUT2D eigenvalue weighted by atomic mass is 10.3. The Morgan fingerprint density at radius 2 is 2.28 bits per heavy atom. The van der Waals surface area contributed by atoms with Crippen molar-refractivity contribution in [1.29, 1.82) is 5.26 Å². The lowest BCUT2D eigenvalue weighted by Crippen LogP contribution is -2.32. The van der Waals surface area contributed by atoms with Crippen LogP contribution in [0.1, 0.15) is 20.3 Å². The molecular formula is C13H17N5. The Morgan fingerprint density at radius 1 is 1.50 bits per heavy atom. The van der Waals surface area contributed by atoms with E-state index in [0.717, 1.165) is 17.0 Å². The highest BCUT2D eigenvalue weighted by molar-refractivity contribution is 5.80. The zero-order valence-electron chi connectivity index (χ0n) is 10.6. The van der Waals surface area contributed by atoms with Gasteiger partial charge >= 0.3 is 0 Å². The second-order valence-corrected chi connectivity index (χ2v) is 4.53. The highest BCUT2D eigenvalue weighted by atomic mass is 15.3. The number of hydrogen-bond acceptors (Lipinski definition) is 4. The molecule has 5 nitrogen and oxygen atoms in total. The van der Waals surface area contributed by atoms with Gasteiger partial charge in [0.1, 0.15) is 0 Å². The molecule has 0 aliphatic carbocycles. The van der Waals surface area contributed by atoms with Crippen molar-refractivity contribution in [3.05, 3.63) is 18.2 Å². The second-order valence-electron chi connectivity index (χ2n) is 4.53. The number of imidazole rings is 1. The number of nitriles is 1. The van der Waals surface area contributed by atoms with E-state index in [1.54, 1.807) is 0 Å². The maximum atomic E-state index is 8.70. The van der Waals surface area contributed by atoms with E-state index in [9.17, 15) is 0 Å². The highest BCUT2D eigenvalue weighted by Crippen LogP contribution is 2.21. The molecule has 0 saturated heterocycles. The molecule has 1 aromatic heterocycles. The van der Waals surface area contributed by atoms with Crippen LogP contribution < -0.4 is 10.6 Å². The monoisotopic (exact) mass is 243 g/mol. The first-order valence-corrected chi connectivity index (χ1v) is 6.00. The van der Waals surface area contributed by atoms with Gasteiger partial charge in [-0.15, -0.1) is 0 Å². The standard InChI is InChI=1S/C13H17N5/c1-9(2)18(7-3-6-14)13-16-11-5-4-10(15)8-12(11)17-13/h4-5,8-9H,3,7,15H2,1-2H3,(H,16,17). The van der Waals surface area contributed by atoms with Crippen molar-refractivity contribution in [2.24, 2.45) is 0 Å². The zero-order chi connectivity index (χ0) is 13.1. The van der Waals surface area contributed by atoms with E-state index in [4.69, 9.17) is 11.0 Å². The molecule has 0 amide bonds. The van der Waals surface area contributed by atoms with Crippen molar-refractivity contribution in [3.63, 3.8) is 0 Å². The molecule has 3 N–H and O–H groups in total. The largest absolute Gasteiger partial charge is 0.399 e. The first-order valence-electron chi connectivity index (χ1n) is 6.00. The number of nitrogens with two attached hydrogens (primary N) is 1. The van der Waals surface area contributed by atoms with Crippen molar-refractivity contribution < 1.29 is 0 Å². The van der Waals surface area contributed by atoms with Gasteiger partial charge in [0.05, 0.1) is 23.5 Å². The minimum absolute atomic E-state index is 0.288. The Balaban J connectivity index is 2.35. The molecular weight excluding hydrogens is 226 g/mol. The topological polar surface area (TPSA) is 81.7 Å². The minimum Gasteiger partial charge on any atom is -0.399 e. The van der Waals surface area contributed by atoms with Crippen LogP contribution in [0.5, 0.6) is 0 Å². The molecule has 0 radical (unpaired) electrons. The van der Waals surface area contributed by atoms with E-state index in [2.05, 4.69) is 34.8 Å². The summed E-state index contributed by atoms with van der Waals surface area (Å²) in [6.45, 7) is 4.83. The van der Waals surface area contributed by atoms with E-state index < -0.39 is 0 Å². The van der Waals surface area contributed by atoms with Crippen LogP contribution in [0.3, 0.4) is 0 Å². The molecule has 94 valence electrons. The molecule has 1 aromatic carbocycles. The quantitative estimate of drug-likeness (QED) is 0.807. The van der Waals surface area contributed by atoms with Crippen molar-refractivity contribution in [2.75, 3.05) is 17.2 Å². The number of hydrogen-bond donors (Lipinski definition) is 2. The molecule has 0 aliphatic rings. The summed E-state index contributed by atoms with van der Waals surface area (Å²) in [5.41, 5.74) is 8.27. The van der Waals surface area contributed by atoms with Gasteiger partial charge in [0.2, 0.25) is 5.95 Å². The predicted molar refractivity (Wildman–Crippen MR) is 73.2 cm³/mol. The van der Waals surface area contributed by atoms with Crippen molar-refractivity contribution >= 4 is 22.7 Å².